The summed E-state index contributed by atoms with van der Waals surface area (Å²) in [5.41, 5.74) is 6.01. The highest BCUT2D eigenvalue weighted by Crippen LogP contribution is 2.40. The zero-order chi connectivity index (χ0) is 22.1. The summed E-state index contributed by atoms with van der Waals surface area (Å²) in [7, 11) is 0. The molecule has 0 saturated heterocycles. The third kappa shape index (κ3) is 3.67. The Balaban J connectivity index is 1.58. The molecule has 6 heteroatoms. The normalized spacial score (nSPS) is 14.7. The van der Waals surface area contributed by atoms with Crippen molar-refractivity contribution in [3.8, 4) is 16.9 Å². The van der Waals surface area contributed by atoms with Gasteiger partial charge >= 0.3 is 0 Å². The Kier molecular flexibility index (Phi) is 5.03. The fraction of sp³-hybridized carbons (Fsp3) is 0.115. The second-order valence-corrected chi connectivity index (χ2v) is 7.71. The number of phenols is 1. The van der Waals surface area contributed by atoms with E-state index in [0.717, 1.165) is 33.7 Å². The van der Waals surface area contributed by atoms with E-state index in [-0.39, 0.29) is 18.1 Å². The van der Waals surface area contributed by atoms with Crippen LogP contribution in [0.5, 0.6) is 5.75 Å². The first-order chi connectivity index (χ1) is 15.6. The van der Waals surface area contributed by atoms with Crippen LogP contribution in [0.15, 0.2) is 88.4 Å². The minimum atomic E-state index is -0.536. The van der Waals surface area contributed by atoms with E-state index in [0.29, 0.717) is 11.4 Å². The van der Waals surface area contributed by atoms with Crippen LogP contribution in [0.2, 0.25) is 0 Å². The first-order valence-electron chi connectivity index (χ1n) is 10.4. The maximum Gasteiger partial charge on any atom is 0.227 e. The predicted octanol–water partition coefficient (Wildman–Crippen LogP) is 5.28. The predicted molar refractivity (Wildman–Crippen MR) is 123 cm³/mol. The van der Waals surface area contributed by atoms with E-state index in [2.05, 4.69) is 10.5 Å². The Hall–Kier alpha value is -4.19. The van der Waals surface area contributed by atoms with Crippen molar-refractivity contribution in [3.63, 3.8) is 0 Å². The van der Waals surface area contributed by atoms with Crippen LogP contribution in [-0.4, -0.2) is 21.9 Å². The monoisotopic (exact) mass is 423 g/mol. The topological polar surface area (TPSA) is 87.7 Å². The maximum absolute atomic E-state index is 12.9. The molecule has 4 aromatic rings. The number of carbonyl (C=O) groups is 1. The summed E-state index contributed by atoms with van der Waals surface area (Å²) in [6.07, 6.45) is 0.0901. The van der Waals surface area contributed by atoms with Gasteiger partial charge in [0.15, 0.2) is 5.76 Å². The van der Waals surface area contributed by atoms with E-state index >= 15 is 0 Å². The van der Waals surface area contributed by atoms with Crippen molar-refractivity contribution in [2.75, 3.05) is 5.32 Å². The largest absolute Gasteiger partial charge is 0.508 e. The van der Waals surface area contributed by atoms with E-state index in [1.165, 1.54) is 12.1 Å². The summed E-state index contributed by atoms with van der Waals surface area (Å²) >= 11 is 0. The molecule has 32 heavy (non-hydrogen) atoms. The summed E-state index contributed by atoms with van der Waals surface area (Å²) in [4.78, 5) is 17.9. The molecule has 2 N–H and O–H groups in total. The summed E-state index contributed by atoms with van der Waals surface area (Å²) in [5.74, 6) is 0.521. The number of amides is 1. The molecule has 158 valence electrons. The van der Waals surface area contributed by atoms with E-state index in [9.17, 15) is 9.90 Å². The van der Waals surface area contributed by atoms with Crippen molar-refractivity contribution in [2.24, 2.45) is 4.99 Å². The first-order valence-corrected chi connectivity index (χ1v) is 10.4. The SMILES string of the molecule is Cc1noc2c1-c1ccccc1C(c1ccccc1)=N[C@H]2CC(=O)Nc1ccc(O)cc1. The lowest BCUT2D eigenvalue weighted by Gasteiger charge is -2.12. The fourth-order valence-corrected chi connectivity index (χ4v) is 4.03. The Morgan fingerprint density at radius 3 is 2.41 bits per heavy atom. The molecule has 3 aromatic carbocycles. The van der Waals surface area contributed by atoms with Gasteiger partial charge in [0.1, 0.15) is 11.8 Å². The van der Waals surface area contributed by atoms with Crippen molar-refractivity contribution < 1.29 is 14.4 Å². The smallest absolute Gasteiger partial charge is 0.227 e. The van der Waals surface area contributed by atoms with Crippen LogP contribution in [0, 0.1) is 6.92 Å². The molecule has 0 saturated carbocycles. The number of carbonyl (C=O) groups excluding carboxylic acids is 1. The number of nitrogens with zero attached hydrogens (tertiary/aromatic N) is 2. The molecule has 1 amide bonds. The zero-order valence-corrected chi connectivity index (χ0v) is 17.4. The molecule has 0 radical (unpaired) electrons. The van der Waals surface area contributed by atoms with E-state index < -0.39 is 6.04 Å². The second kappa shape index (κ2) is 8.15. The van der Waals surface area contributed by atoms with Gasteiger partial charge in [-0.25, -0.2) is 0 Å². The van der Waals surface area contributed by atoms with Crippen molar-refractivity contribution in [3.05, 3.63) is 101 Å². The molecular weight excluding hydrogens is 402 g/mol. The minimum absolute atomic E-state index is 0.0901. The molecule has 5 rings (SSSR count). The van der Waals surface area contributed by atoms with E-state index in [1.54, 1.807) is 12.1 Å². The maximum atomic E-state index is 12.9. The fourth-order valence-electron chi connectivity index (χ4n) is 4.03. The Morgan fingerprint density at radius 2 is 1.66 bits per heavy atom. The van der Waals surface area contributed by atoms with Gasteiger partial charge in [-0.05, 0) is 36.8 Å². The Bertz CT molecular complexity index is 1310. The number of hydrogen-bond donors (Lipinski definition) is 2. The second-order valence-electron chi connectivity index (χ2n) is 7.71. The van der Waals surface area contributed by atoms with Gasteiger partial charge in [0.2, 0.25) is 5.91 Å². The van der Waals surface area contributed by atoms with Crippen LogP contribution in [0.3, 0.4) is 0 Å². The van der Waals surface area contributed by atoms with Crippen molar-refractivity contribution in [1.82, 2.24) is 5.16 Å². The van der Waals surface area contributed by atoms with Gasteiger partial charge in [0.05, 0.1) is 23.4 Å². The lowest BCUT2D eigenvalue weighted by Crippen LogP contribution is -2.15. The van der Waals surface area contributed by atoms with Crippen LogP contribution in [0.25, 0.3) is 11.1 Å². The number of fused-ring (bicyclic) bond motifs is 3. The van der Waals surface area contributed by atoms with Gasteiger partial charge in [-0.15, -0.1) is 0 Å². The number of aliphatic imine (C=N–C) groups is 1. The number of hydrogen-bond acceptors (Lipinski definition) is 5. The Morgan fingerprint density at radius 1 is 0.969 bits per heavy atom. The highest BCUT2D eigenvalue weighted by Gasteiger charge is 2.31. The number of rotatable bonds is 4. The molecule has 0 fully saturated rings. The molecule has 0 bridgehead atoms. The van der Waals surface area contributed by atoms with Gasteiger partial charge in [-0.3, -0.25) is 9.79 Å². The van der Waals surface area contributed by atoms with Gasteiger partial charge in [-0.2, -0.15) is 0 Å². The van der Waals surface area contributed by atoms with Crippen molar-refractivity contribution >= 4 is 17.3 Å². The quantitative estimate of drug-likeness (QED) is 0.437. The van der Waals surface area contributed by atoms with Crippen LogP contribution in [-0.2, 0) is 4.79 Å². The summed E-state index contributed by atoms with van der Waals surface area (Å²) < 4.78 is 5.72. The van der Waals surface area contributed by atoms with Gasteiger partial charge in [0, 0.05) is 16.8 Å². The molecule has 1 aromatic heterocycles. The molecule has 1 aliphatic heterocycles. The number of anilines is 1. The van der Waals surface area contributed by atoms with Crippen LogP contribution in [0.4, 0.5) is 5.69 Å². The number of aromatic nitrogens is 1. The van der Waals surface area contributed by atoms with E-state index in [1.807, 2.05) is 61.5 Å². The van der Waals surface area contributed by atoms with Crippen LogP contribution < -0.4 is 5.32 Å². The van der Waals surface area contributed by atoms with Gasteiger partial charge < -0.3 is 14.9 Å². The molecule has 6 nitrogen and oxygen atoms in total. The number of benzene rings is 3. The molecule has 1 aliphatic rings. The highest BCUT2D eigenvalue weighted by atomic mass is 16.5. The van der Waals surface area contributed by atoms with Crippen LogP contribution in [0.1, 0.15) is 35.0 Å². The van der Waals surface area contributed by atoms with Crippen molar-refractivity contribution in [1.29, 1.82) is 0 Å². The molecule has 0 aliphatic carbocycles. The van der Waals surface area contributed by atoms with Gasteiger partial charge in [0.25, 0.3) is 0 Å². The summed E-state index contributed by atoms with van der Waals surface area (Å²) in [5, 5.41) is 16.5. The average molecular weight is 423 g/mol. The standard InChI is InChI=1S/C26H21N3O3/c1-16-24-20-9-5-6-10-21(20)25(17-7-3-2-4-8-17)28-22(26(24)32-29-16)15-23(31)27-18-11-13-19(30)14-12-18/h2-14,22,30H,15H2,1H3,(H,27,31)/t22-/m0/s1. The highest BCUT2D eigenvalue weighted by molar-refractivity contribution is 6.17. The molecule has 1 atom stereocenters. The summed E-state index contributed by atoms with van der Waals surface area (Å²) in [6, 6.07) is 23.8. The lowest BCUT2D eigenvalue weighted by atomic mass is 9.93. The van der Waals surface area contributed by atoms with Gasteiger partial charge in [-0.1, -0.05) is 59.8 Å². The van der Waals surface area contributed by atoms with Crippen LogP contribution >= 0.6 is 0 Å². The number of phenolic OH excluding ortho intramolecular Hbond substituents is 1. The third-order valence-electron chi connectivity index (χ3n) is 5.51. The van der Waals surface area contributed by atoms with E-state index in [4.69, 9.17) is 9.52 Å². The third-order valence-corrected chi connectivity index (χ3v) is 5.51. The number of aryl methyl sites for hydroxylation is 1. The zero-order valence-electron chi connectivity index (χ0n) is 17.4. The molecule has 0 spiro atoms. The first kappa shape index (κ1) is 19.8. The summed E-state index contributed by atoms with van der Waals surface area (Å²) in [6.45, 7) is 1.90. The number of nitrogens with one attached hydrogen (secondary N) is 1. The molecular formula is C26H21N3O3. The minimum Gasteiger partial charge on any atom is -0.508 e. The number of aromatic hydroxyl groups is 1. The lowest BCUT2D eigenvalue weighted by molar-refractivity contribution is -0.116. The molecule has 0 unspecified atom stereocenters. The Labute approximate surface area is 185 Å². The average Bonchev–Trinajstić information content (AvgIpc) is 3.13. The van der Waals surface area contributed by atoms with Crippen molar-refractivity contribution in [2.45, 2.75) is 19.4 Å². The molecule has 2 heterocycles.